The first-order valence-corrected chi connectivity index (χ1v) is 7.14. The number of rotatable bonds is 3. The predicted octanol–water partition coefficient (Wildman–Crippen LogP) is 0.214. The Morgan fingerprint density at radius 3 is 2.56 bits per heavy atom. The van der Waals surface area contributed by atoms with Crippen LogP contribution in [-0.2, 0) is 17.1 Å². The summed E-state index contributed by atoms with van der Waals surface area (Å²) in [6, 6.07) is 1.61. The Morgan fingerprint density at radius 1 is 1.44 bits per heavy atom. The van der Waals surface area contributed by atoms with Gasteiger partial charge in [-0.15, -0.1) is 12.4 Å². The van der Waals surface area contributed by atoms with Crippen LogP contribution in [0.3, 0.4) is 0 Å². The van der Waals surface area contributed by atoms with E-state index in [4.69, 9.17) is 0 Å². The molecule has 0 saturated carbocycles. The van der Waals surface area contributed by atoms with Crippen molar-refractivity contribution in [1.82, 2.24) is 19.4 Å². The summed E-state index contributed by atoms with van der Waals surface area (Å²) in [6.07, 6.45) is 3.21. The first-order valence-electron chi connectivity index (χ1n) is 5.70. The lowest BCUT2D eigenvalue weighted by Crippen LogP contribution is -2.44. The number of halogens is 1. The van der Waals surface area contributed by atoms with E-state index in [0.717, 1.165) is 25.9 Å². The molecule has 1 aliphatic rings. The molecule has 0 bridgehead atoms. The molecule has 1 fully saturated rings. The zero-order valence-electron chi connectivity index (χ0n) is 10.5. The third-order valence-electron chi connectivity index (χ3n) is 3.24. The summed E-state index contributed by atoms with van der Waals surface area (Å²) in [6.45, 7) is 1.74. The highest BCUT2D eigenvalue weighted by Gasteiger charge is 2.30. The molecule has 2 rings (SSSR count). The van der Waals surface area contributed by atoms with Crippen molar-refractivity contribution in [3.8, 4) is 0 Å². The lowest BCUT2D eigenvalue weighted by Gasteiger charge is -2.30. The summed E-state index contributed by atoms with van der Waals surface area (Å²) in [5.74, 6) is 0. The Kier molecular flexibility index (Phi) is 5.15. The molecule has 1 N–H and O–H groups in total. The minimum Gasteiger partial charge on any atom is -0.317 e. The van der Waals surface area contributed by atoms with Crippen LogP contribution in [0, 0.1) is 0 Å². The lowest BCUT2D eigenvalue weighted by molar-refractivity contribution is 0.294. The zero-order chi connectivity index (χ0) is 12.5. The van der Waals surface area contributed by atoms with Gasteiger partial charge < -0.3 is 5.32 Å². The zero-order valence-corrected chi connectivity index (χ0v) is 12.2. The quantitative estimate of drug-likeness (QED) is 0.866. The van der Waals surface area contributed by atoms with Crippen LogP contribution in [0.15, 0.2) is 17.3 Å². The maximum Gasteiger partial charge on any atom is 0.260 e. The van der Waals surface area contributed by atoms with Gasteiger partial charge in [-0.05, 0) is 32.0 Å². The summed E-state index contributed by atoms with van der Waals surface area (Å²) in [4.78, 5) is 0. The van der Waals surface area contributed by atoms with Crippen molar-refractivity contribution in [3.63, 3.8) is 0 Å². The van der Waals surface area contributed by atoms with E-state index in [1.807, 2.05) is 0 Å². The topological polar surface area (TPSA) is 67.2 Å². The van der Waals surface area contributed by atoms with E-state index in [9.17, 15) is 8.42 Å². The van der Waals surface area contributed by atoms with Gasteiger partial charge in [0.25, 0.3) is 10.0 Å². The van der Waals surface area contributed by atoms with Crippen LogP contribution < -0.4 is 5.32 Å². The molecule has 0 unspecified atom stereocenters. The molecule has 0 aliphatic carbocycles. The third kappa shape index (κ3) is 2.85. The Morgan fingerprint density at radius 2 is 2.06 bits per heavy atom. The Labute approximate surface area is 114 Å². The largest absolute Gasteiger partial charge is 0.317 e. The molecule has 0 atom stereocenters. The summed E-state index contributed by atoms with van der Waals surface area (Å²) in [7, 11) is -0.127. The highest BCUT2D eigenvalue weighted by molar-refractivity contribution is 7.89. The van der Waals surface area contributed by atoms with Gasteiger partial charge in [0.2, 0.25) is 0 Å². The lowest BCUT2D eigenvalue weighted by atomic mass is 10.1. The van der Waals surface area contributed by atoms with E-state index >= 15 is 0 Å². The summed E-state index contributed by atoms with van der Waals surface area (Å²) in [5.41, 5.74) is 0. The number of aromatic nitrogens is 2. The molecular weight excluding hydrogens is 276 g/mol. The van der Waals surface area contributed by atoms with Gasteiger partial charge >= 0.3 is 0 Å². The molecule has 104 valence electrons. The van der Waals surface area contributed by atoms with E-state index < -0.39 is 10.0 Å². The number of piperidine rings is 1. The van der Waals surface area contributed by atoms with Crippen molar-refractivity contribution in [3.05, 3.63) is 12.3 Å². The van der Waals surface area contributed by atoms with Crippen LogP contribution in [-0.4, -0.2) is 48.7 Å². The molecule has 0 amide bonds. The van der Waals surface area contributed by atoms with Gasteiger partial charge in [-0.25, -0.2) is 8.42 Å². The molecule has 8 heteroatoms. The van der Waals surface area contributed by atoms with E-state index in [1.165, 1.54) is 21.3 Å². The molecule has 1 aliphatic heterocycles. The van der Waals surface area contributed by atoms with E-state index in [1.54, 1.807) is 14.1 Å². The first kappa shape index (κ1) is 15.4. The molecule has 0 radical (unpaired) electrons. The van der Waals surface area contributed by atoms with Crippen molar-refractivity contribution in [2.24, 2.45) is 7.05 Å². The number of sulfonamides is 1. The Hall–Kier alpha value is -0.630. The van der Waals surface area contributed by atoms with Crippen LogP contribution in [0.2, 0.25) is 0 Å². The second-order valence-corrected chi connectivity index (χ2v) is 6.24. The average Bonchev–Trinajstić information content (AvgIpc) is 2.76. The molecular formula is C10H19ClN4O2S. The SMILES string of the molecule is CN(C1CCNCC1)S(=O)(=O)c1ccnn1C.Cl. The second-order valence-electron chi connectivity index (χ2n) is 4.30. The van der Waals surface area contributed by atoms with E-state index in [0.29, 0.717) is 0 Å². The standard InChI is InChI=1S/C10H18N4O2S.ClH/c1-13-10(5-8-12-13)17(15,16)14(2)9-3-6-11-7-4-9;/h5,8-9,11H,3-4,6-7H2,1-2H3;1H. The number of nitrogens with one attached hydrogen (secondary N) is 1. The molecule has 2 heterocycles. The van der Waals surface area contributed by atoms with Crippen LogP contribution in [0.25, 0.3) is 0 Å². The first-order chi connectivity index (χ1) is 8.03. The predicted molar refractivity (Wildman–Crippen MR) is 71.3 cm³/mol. The van der Waals surface area contributed by atoms with Gasteiger partial charge in [-0.1, -0.05) is 0 Å². The smallest absolute Gasteiger partial charge is 0.260 e. The highest BCUT2D eigenvalue weighted by Crippen LogP contribution is 2.19. The Bertz CT molecular complexity index is 482. The molecule has 6 nitrogen and oxygen atoms in total. The summed E-state index contributed by atoms with van der Waals surface area (Å²) in [5, 5.41) is 7.39. The molecule has 1 saturated heterocycles. The molecule has 0 spiro atoms. The minimum absolute atomic E-state index is 0. The highest BCUT2D eigenvalue weighted by atomic mass is 35.5. The maximum atomic E-state index is 12.4. The van der Waals surface area contributed by atoms with Gasteiger partial charge in [-0.2, -0.15) is 9.40 Å². The average molecular weight is 295 g/mol. The molecule has 1 aromatic heterocycles. The molecule has 1 aromatic rings. The van der Waals surface area contributed by atoms with Crippen molar-refractivity contribution in [1.29, 1.82) is 0 Å². The van der Waals surface area contributed by atoms with Crippen LogP contribution in [0.4, 0.5) is 0 Å². The van der Waals surface area contributed by atoms with Gasteiger partial charge in [0.1, 0.15) is 0 Å². The van der Waals surface area contributed by atoms with Gasteiger partial charge in [0, 0.05) is 20.1 Å². The van der Waals surface area contributed by atoms with E-state index in [-0.39, 0.29) is 23.5 Å². The normalized spacial score (nSPS) is 17.7. The fourth-order valence-electron chi connectivity index (χ4n) is 2.13. The van der Waals surface area contributed by atoms with Gasteiger partial charge in [-0.3, -0.25) is 4.68 Å². The minimum atomic E-state index is -3.42. The maximum absolute atomic E-state index is 12.4. The van der Waals surface area contributed by atoms with Crippen LogP contribution in [0.5, 0.6) is 0 Å². The Balaban J connectivity index is 0.00000162. The monoisotopic (exact) mass is 294 g/mol. The molecule has 18 heavy (non-hydrogen) atoms. The van der Waals surface area contributed by atoms with Crippen molar-refractivity contribution >= 4 is 22.4 Å². The summed E-state index contributed by atoms with van der Waals surface area (Å²) >= 11 is 0. The number of nitrogens with zero attached hydrogens (tertiary/aromatic N) is 3. The van der Waals surface area contributed by atoms with Crippen molar-refractivity contribution in [2.75, 3.05) is 20.1 Å². The van der Waals surface area contributed by atoms with Gasteiger partial charge in [0.05, 0.1) is 6.20 Å². The van der Waals surface area contributed by atoms with Crippen LogP contribution >= 0.6 is 12.4 Å². The van der Waals surface area contributed by atoms with Gasteiger partial charge in [0.15, 0.2) is 5.03 Å². The number of hydrogen-bond acceptors (Lipinski definition) is 4. The van der Waals surface area contributed by atoms with E-state index in [2.05, 4.69) is 10.4 Å². The number of aryl methyl sites for hydroxylation is 1. The summed E-state index contributed by atoms with van der Waals surface area (Å²) < 4.78 is 27.6. The van der Waals surface area contributed by atoms with Crippen molar-refractivity contribution in [2.45, 2.75) is 23.9 Å². The second kappa shape index (κ2) is 6.01. The number of hydrogen-bond donors (Lipinski definition) is 1. The fraction of sp³-hybridized carbons (Fsp3) is 0.700. The third-order valence-corrected chi connectivity index (χ3v) is 5.23. The fourth-order valence-corrected chi connectivity index (χ4v) is 3.64. The van der Waals surface area contributed by atoms with Crippen LogP contribution in [0.1, 0.15) is 12.8 Å². The van der Waals surface area contributed by atoms with Crippen molar-refractivity contribution < 1.29 is 8.42 Å². The molecule has 0 aromatic carbocycles.